The summed E-state index contributed by atoms with van der Waals surface area (Å²) in [5.41, 5.74) is 1.13. The van der Waals surface area contributed by atoms with Crippen molar-refractivity contribution in [3.05, 3.63) is 48.5 Å². The molecule has 0 saturated heterocycles. The van der Waals surface area contributed by atoms with Crippen molar-refractivity contribution in [3.63, 3.8) is 0 Å². The van der Waals surface area contributed by atoms with Crippen molar-refractivity contribution in [2.75, 3.05) is 6.23 Å². The van der Waals surface area contributed by atoms with Crippen LogP contribution in [0, 0.1) is 0 Å². The van der Waals surface area contributed by atoms with Crippen molar-refractivity contribution in [1.29, 1.82) is 0 Å². The van der Waals surface area contributed by atoms with Crippen LogP contribution in [0.2, 0.25) is 0 Å². The largest absolute Gasteiger partial charge is 0.497 e. The number of ether oxygens (including phenoxy) is 1. The highest BCUT2D eigenvalue weighted by Gasteiger charge is 2.02. The van der Waals surface area contributed by atoms with Crippen LogP contribution in [0.25, 0.3) is 16.8 Å². The Morgan fingerprint density at radius 2 is 1.87 bits per heavy atom. The lowest BCUT2D eigenvalue weighted by atomic mass is 10.0. The van der Waals surface area contributed by atoms with E-state index < -0.39 is 0 Å². The van der Waals surface area contributed by atoms with E-state index in [4.69, 9.17) is 4.74 Å². The van der Waals surface area contributed by atoms with Gasteiger partial charge in [0.05, 0.1) is 16.5 Å². The van der Waals surface area contributed by atoms with Crippen LogP contribution in [0.4, 0.5) is 0 Å². The first kappa shape index (κ1) is 9.99. The molecule has 0 aliphatic carbocycles. The van der Waals surface area contributed by atoms with E-state index in [1.807, 2.05) is 30.3 Å². The molecule has 1 nitrogen and oxygen atoms in total. The van der Waals surface area contributed by atoms with Crippen LogP contribution < -0.4 is 4.74 Å². The molecule has 0 atom stereocenters. The van der Waals surface area contributed by atoms with E-state index in [2.05, 4.69) is 29.0 Å². The number of hydrogen-bond acceptors (Lipinski definition) is 1. The Kier molecular flexibility index (Phi) is 2.88. The molecule has 0 bridgehead atoms. The first-order valence-electron chi connectivity index (χ1n) is 4.78. The summed E-state index contributed by atoms with van der Waals surface area (Å²) in [4.78, 5) is 0. The van der Waals surface area contributed by atoms with Gasteiger partial charge in [0.1, 0.15) is 5.75 Å². The summed E-state index contributed by atoms with van der Waals surface area (Å²) in [6, 6.07) is 12.2. The van der Waals surface area contributed by atoms with Gasteiger partial charge in [0.2, 0.25) is 0 Å². The van der Waals surface area contributed by atoms with E-state index in [-0.39, 0.29) is 0 Å². The Labute approximate surface area is 92.8 Å². The van der Waals surface area contributed by atoms with Crippen LogP contribution in [0.1, 0.15) is 5.56 Å². The highest BCUT2D eigenvalue weighted by Crippen LogP contribution is 2.28. The molecule has 0 unspecified atom stereocenters. The first-order valence-corrected chi connectivity index (χ1v) is 5.49. The molecule has 0 aliphatic rings. The van der Waals surface area contributed by atoms with Gasteiger partial charge >= 0.3 is 0 Å². The number of fused-ring (bicyclic) bond motifs is 1. The Morgan fingerprint density at radius 3 is 2.60 bits per heavy atom. The smallest absolute Gasteiger partial charge is 0.126 e. The third kappa shape index (κ3) is 1.81. The predicted molar refractivity (Wildman–Crippen MR) is 65.3 cm³/mol. The Hall–Kier alpha value is -1.54. The molecule has 15 heavy (non-hydrogen) atoms. The molecule has 0 N–H and O–H groups in total. The summed E-state index contributed by atoms with van der Waals surface area (Å²) >= 11 is 0. The maximum atomic E-state index is 5.50. The van der Waals surface area contributed by atoms with Gasteiger partial charge in [0, 0.05) is 5.39 Å². The van der Waals surface area contributed by atoms with Crippen LogP contribution in [0.15, 0.2) is 43.0 Å². The molecule has 0 amide bonds. The van der Waals surface area contributed by atoms with Crippen molar-refractivity contribution >= 4 is 27.1 Å². The lowest BCUT2D eigenvalue weighted by molar-refractivity contribution is 0.392. The summed E-state index contributed by atoms with van der Waals surface area (Å²) in [5.74, 6) is 0.895. The van der Waals surface area contributed by atoms with E-state index in [0.717, 1.165) is 16.7 Å². The average Bonchev–Trinajstić information content (AvgIpc) is 2.29. The fourth-order valence-electron chi connectivity index (χ4n) is 1.69. The van der Waals surface area contributed by atoms with Gasteiger partial charge < -0.3 is 4.74 Å². The van der Waals surface area contributed by atoms with Gasteiger partial charge in [0.15, 0.2) is 0 Å². The zero-order chi connectivity index (χ0) is 10.7. The number of benzene rings is 2. The monoisotopic (exact) mass is 211 g/mol. The molecule has 2 rings (SSSR count). The summed E-state index contributed by atoms with van der Waals surface area (Å²) in [6.45, 7) is 3.81. The minimum Gasteiger partial charge on any atom is -0.497 e. The zero-order valence-electron chi connectivity index (χ0n) is 8.36. The molecule has 0 aliphatic heterocycles. The molecule has 3 radical (unpaired) electrons. The Bertz CT molecular complexity index is 491. The second-order valence-corrected chi connectivity index (χ2v) is 3.48. The van der Waals surface area contributed by atoms with Crippen LogP contribution in [0.5, 0.6) is 5.75 Å². The van der Waals surface area contributed by atoms with E-state index in [0.29, 0.717) is 6.23 Å². The molecule has 0 saturated carbocycles. The average molecular weight is 211 g/mol. The van der Waals surface area contributed by atoms with Gasteiger partial charge in [-0.3, -0.25) is 0 Å². The van der Waals surface area contributed by atoms with Gasteiger partial charge in [-0.25, -0.2) is 0 Å². The molecule has 2 heteroatoms. The van der Waals surface area contributed by atoms with Crippen molar-refractivity contribution < 1.29 is 4.74 Å². The van der Waals surface area contributed by atoms with Crippen LogP contribution in [0.3, 0.4) is 0 Å². The molecule has 73 valence electrons. The van der Waals surface area contributed by atoms with Crippen LogP contribution >= 0.6 is 0 Å². The fraction of sp³-hybridized carbons (Fsp3) is 0.0769. The fourth-order valence-corrected chi connectivity index (χ4v) is 1.84. The molecule has 0 heterocycles. The van der Waals surface area contributed by atoms with E-state index in [1.54, 1.807) is 0 Å². The summed E-state index contributed by atoms with van der Waals surface area (Å²) in [5, 5.41) is 2.29. The minimum atomic E-state index is 0.497. The van der Waals surface area contributed by atoms with Gasteiger partial charge in [-0.15, -0.1) is 0 Å². The molecule has 2 aromatic carbocycles. The van der Waals surface area contributed by atoms with Crippen molar-refractivity contribution in [2.45, 2.75) is 0 Å². The zero-order valence-corrected chi connectivity index (χ0v) is 9.36. The predicted octanol–water partition coefficient (Wildman–Crippen LogP) is 2.99. The Balaban J connectivity index is 2.70. The SMILES string of the molecule is C=Cc1cccc2c(OC[Si])cccc12. The topological polar surface area (TPSA) is 9.23 Å². The Morgan fingerprint density at radius 1 is 1.13 bits per heavy atom. The second kappa shape index (κ2) is 4.32. The molecule has 0 fully saturated rings. The standard InChI is InChI=1S/C13H11OSi/c1-2-10-5-3-7-12-11(10)6-4-8-13(12)14-9-15/h2-8H,1,9H2. The normalized spacial score (nSPS) is 10.2. The maximum Gasteiger partial charge on any atom is 0.126 e. The third-order valence-corrected chi connectivity index (χ3v) is 2.51. The highest BCUT2D eigenvalue weighted by atomic mass is 28.1. The molecule has 0 spiro atoms. The second-order valence-electron chi connectivity index (χ2n) is 3.19. The van der Waals surface area contributed by atoms with Crippen molar-refractivity contribution in [3.8, 4) is 5.75 Å². The highest BCUT2D eigenvalue weighted by molar-refractivity contribution is 6.08. The van der Waals surface area contributed by atoms with Crippen molar-refractivity contribution in [2.24, 2.45) is 0 Å². The summed E-state index contributed by atoms with van der Waals surface area (Å²) < 4.78 is 5.50. The molecule has 2 aromatic rings. The van der Waals surface area contributed by atoms with E-state index in [1.165, 1.54) is 5.39 Å². The van der Waals surface area contributed by atoms with Gasteiger partial charge in [0.25, 0.3) is 0 Å². The summed E-state index contributed by atoms with van der Waals surface area (Å²) in [6.07, 6.45) is 2.36. The van der Waals surface area contributed by atoms with E-state index in [9.17, 15) is 0 Å². The van der Waals surface area contributed by atoms with Crippen molar-refractivity contribution in [1.82, 2.24) is 0 Å². The quantitative estimate of drug-likeness (QED) is 0.709. The molecular formula is C13H11OSi. The molecule has 0 aromatic heterocycles. The summed E-state index contributed by atoms with van der Waals surface area (Å²) in [7, 11) is 3.31. The lowest BCUT2D eigenvalue weighted by Gasteiger charge is -2.08. The van der Waals surface area contributed by atoms with Crippen LogP contribution in [-0.2, 0) is 0 Å². The number of rotatable bonds is 3. The first-order chi connectivity index (χ1) is 7.36. The van der Waals surface area contributed by atoms with Gasteiger partial charge in [-0.05, 0) is 17.0 Å². The minimum absolute atomic E-state index is 0.497. The lowest BCUT2D eigenvalue weighted by Crippen LogP contribution is -1.96. The number of hydrogen-bond donors (Lipinski definition) is 0. The van der Waals surface area contributed by atoms with E-state index >= 15 is 0 Å². The third-order valence-electron chi connectivity index (χ3n) is 2.36. The molecular weight excluding hydrogens is 200 g/mol. The van der Waals surface area contributed by atoms with Gasteiger partial charge in [-0.2, -0.15) is 0 Å². The maximum absolute atomic E-state index is 5.50. The van der Waals surface area contributed by atoms with Crippen LogP contribution in [-0.4, -0.2) is 16.5 Å². The van der Waals surface area contributed by atoms with Gasteiger partial charge in [-0.1, -0.05) is 43.0 Å².